The Morgan fingerprint density at radius 3 is 1.11 bits per heavy atom. The number of H-pyrrole nitrogens is 1. The van der Waals surface area contributed by atoms with Crippen molar-refractivity contribution in [1.82, 2.24) is 34.9 Å². The summed E-state index contributed by atoms with van der Waals surface area (Å²) in [6.07, 6.45) is 0. The minimum absolute atomic E-state index is 0. The van der Waals surface area contributed by atoms with Gasteiger partial charge in [0.2, 0.25) is 0 Å². The van der Waals surface area contributed by atoms with Crippen molar-refractivity contribution in [3.63, 3.8) is 0 Å². The Hall–Kier alpha value is -7.43. The largest absolute Gasteiger partial charge is 2.00 e. The fourth-order valence-corrected chi connectivity index (χ4v) is 15.2. The number of pyridine rings is 7. The molecule has 11 rings (SSSR count). The zero-order valence-electron chi connectivity index (χ0n) is 81.4. The number of benzene rings is 4. The molecule has 0 fully saturated rings. The quantitative estimate of drug-likeness (QED) is 0.00639. The number of nitrogens with one attached hydrogen (secondary N) is 3. The SMILES string of the molecule is CCOC(=O)CI.CN(C)c1c(Cl)ccc2c(=O)c3ccc(C(C)(C)C)nc3[nH]c12.CN(C)c1c(Cl)cccc1Nc1nc(C(C)(C)C)ccc1C(=O)O.CN(C)c1c(N)cccc1Cl.COC(=O)c1ccc(Br)nc1Br.COC(=O)c1ccc(C(C)(C)C)nc1Br.COC(=O)c1ccc(C(C)(C)C)nc1Nc1cccc(Cl)c1N(C)C.C[C-](C)C.O=C(O)c1ccc(Br)nc1Br.[Cl-].[Li+].[Mg+2].[OH-]. The number of anilines is 9. The van der Waals surface area contributed by atoms with Gasteiger partial charge in [-0.1, -0.05) is 170 Å². The number of para-hydroxylation sites is 3. The Kier molecular flexibility index (Phi) is 58.2. The summed E-state index contributed by atoms with van der Waals surface area (Å²) in [5.41, 5.74) is 17.1. The van der Waals surface area contributed by atoms with Gasteiger partial charge in [0.15, 0.2) is 5.43 Å². The van der Waals surface area contributed by atoms with Crippen molar-refractivity contribution in [2.24, 2.45) is 0 Å². The molecule has 0 amide bonds. The molecular formula is C95H116Br5Cl5ILiMgN14O14. The van der Waals surface area contributed by atoms with Crippen LogP contribution in [0.3, 0.4) is 0 Å². The third-order valence-corrected chi connectivity index (χ3v) is 22.0. The summed E-state index contributed by atoms with van der Waals surface area (Å²) in [6, 6.07) is 40.7. The van der Waals surface area contributed by atoms with Gasteiger partial charge in [-0.05, 0) is 208 Å². The van der Waals surface area contributed by atoms with E-state index in [2.05, 4.69) is 222 Å². The smallest absolute Gasteiger partial charge is 1.00 e. The molecule has 0 unspecified atom stereocenters. The molecule has 8 N–H and O–H groups in total. The summed E-state index contributed by atoms with van der Waals surface area (Å²) in [7, 11) is 19.3. The first kappa shape index (κ1) is 131. The van der Waals surface area contributed by atoms with Gasteiger partial charge in [0.05, 0.1) is 120 Å². The number of carbonyl (C=O) groups excluding carboxylic acids is 4. The van der Waals surface area contributed by atoms with E-state index in [0.717, 1.165) is 56.7 Å². The number of aromatic nitrogens is 7. The van der Waals surface area contributed by atoms with Crippen molar-refractivity contribution in [2.45, 2.75) is 132 Å². The standard InChI is InChI=1S/C19H24ClN3O2.C18H22ClN3O2.C18H20ClN3O.C11H14BrNO2.C8H11ClN2.C7H5Br2NO2.C6H3Br2NO2.C4H7IO2.C4H9.ClH.Li.Mg.H2O/c1-19(2,3)15-11-10-12(18(24)25-6)17(22-15)21-14-9-7-8-13(20)16(14)23(4)5;1-18(2,3)14-10-9-11(17(23)24)16(21-14)20-13-8-6-7-12(19)15(13)22(4)5;1-18(2,3)13-9-7-11-16(23)10-6-8-12(19)15(22(4)5)14(10)21-17(11)20-13;1-11(2,3)8-6-5-7(9(12)13-8)10(14)15-4;1-11(2)8-6(9)4-3-5-7(8)10;1-12-7(11)4-2-3-5(8)10-6(4)9;7-4-2-1-3(6(10)11)5(8)9-4;1-2-7-4(6)3-5;1-4(2)3;;;;/h7-11H,1-6H3,(H,21,22);6-10H,1-5H3,(H,20,21)(H,23,24);6-9H,1-5H3,(H,20,21,23);5-6H,1-4H3;3-5H,10H2,1-2H3;2-3H,1H3;1-2H,(H,10,11);2-3H2,1H3;1-3H3;1H;;;1H2/q;;;;;;;;-1;;+1;+2;/p-2. The van der Waals surface area contributed by atoms with Crippen LogP contribution < -0.4 is 72.7 Å². The molecule has 0 radical (unpaired) electrons. The number of esters is 4. The van der Waals surface area contributed by atoms with Gasteiger partial charge in [0, 0.05) is 106 Å². The number of nitrogens with two attached hydrogens (primary N) is 1. The van der Waals surface area contributed by atoms with Crippen molar-refractivity contribution < 1.29 is 94.7 Å². The maximum absolute atomic E-state index is 12.8. The number of aromatic carboxylic acids is 2. The van der Waals surface area contributed by atoms with Gasteiger partial charge >= 0.3 is 77.7 Å². The number of fused-ring (bicyclic) bond motifs is 2. The van der Waals surface area contributed by atoms with Crippen LogP contribution in [0.1, 0.15) is 185 Å². The summed E-state index contributed by atoms with van der Waals surface area (Å²) >= 11 is 42.5. The van der Waals surface area contributed by atoms with Crippen molar-refractivity contribution >= 4 is 281 Å². The molecule has 4 aromatic carbocycles. The van der Waals surface area contributed by atoms with Gasteiger partial charge in [-0.2, -0.15) is 20.8 Å². The Morgan fingerprint density at radius 1 is 0.456 bits per heavy atom. The van der Waals surface area contributed by atoms with Gasteiger partial charge in [0.25, 0.3) is 0 Å². The van der Waals surface area contributed by atoms with Gasteiger partial charge in [0.1, 0.15) is 51.4 Å². The normalized spacial score (nSPS) is 10.4. The van der Waals surface area contributed by atoms with E-state index < -0.39 is 23.9 Å². The zero-order chi connectivity index (χ0) is 101. The maximum atomic E-state index is 12.8. The molecular weight excluding hydrogens is 2300 g/mol. The van der Waals surface area contributed by atoms with Gasteiger partial charge in [-0.3, -0.25) is 9.59 Å². The molecule has 136 heavy (non-hydrogen) atoms. The first-order chi connectivity index (χ1) is 61.2. The molecule has 7 aromatic heterocycles. The van der Waals surface area contributed by atoms with Gasteiger partial charge < -0.3 is 93.9 Å². The molecule has 7 heterocycles. The van der Waals surface area contributed by atoms with Crippen molar-refractivity contribution in [2.75, 3.05) is 125 Å². The number of ether oxygens (including phenoxy) is 4. The average Bonchev–Trinajstić information content (AvgIpc) is 0.750. The molecule has 0 saturated carbocycles. The molecule has 0 atom stereocenters. The van der Waals surface area contributed by atoms with Crippen molar-refractivity contribution in [1.29, 1.82) is 0 Å². The molecule has 730 valence electrons. The Labute approximate surface area is 907 Å². The van der Waals surface area contributed by atoms with Gasteiger partial charge in [-0.25, -0.2) is 53.9 Å². The monoisotopic (exact) mass is 2400 g/mol. The fraction of sp³-hybridized carbons (Fsp3) is 0.347. The van der Waals surface area contributed by atoms with Crippen LogP contribution in [0.4, 0.5) is 51.4 Å². The number of carboxylic acid groups (broad SMARTS) is 2. The Morgan fingerprint density at radius 2 is 0.772 bits per heavy atom. The molecule has 0 bridgehead atoms. The van der Waals surface area contributed by atoms with E-state index in [0.29, 0.717) is 110 Å². The number of hydrogen-bond acceptors (Lipinski definition) is 25. The Bertz CT molecular complexity index is 5870. The number of rotatable bonds is 15. The van der Waals surface area contributed by atoms with E-state index in [9.17, 15) is 38.7 Å². The molecule has 11 aromatic rings. The number of hydrogen-bond donors (Lipinski definition) is 6. The van der Waals surface area contributed by atoms with Crippen LogP contribution in [0.2, 0.25) is 20.1 Å². The number of alkyl halides is 1. The number of nitrogen functional groups attached to an aromatic ring is 1. The van der Waals surface area contributed by atoms with Crippen LogP contribution in [0, 0.1) is 5.92 Å². The molecule has 0 aliphatic rings. The van der Waals surface area contributed by atoms with E-state index >= 15 is 0 Å². The second-order valence-electron chi connectivity index (χ2n) is 33.8. The molecule has 0 spiro atoms. The summed E-state index contributed by atoms with van der Waals surface area (Å²) in [5.74, 6) is -1.20. The third-order valence-electron chi connectivity index (χ3n) is 17.5. The zero-order valence-corrected chi connectivity index (χ0v) is 96.7. The van der Waals surface area contributed by atoms with Crippen molar-refractivity contribution in [3.8, 4) is 0 Å². The summed E-state index contributed by atoms with van der Waals surface area (Å²) in [5, 5.41) is 28.1. The molecule has 28 nitrogen and oxygen atoms in total. The van der Waals surface area contributed by atoms with E-state index in [-0.39, 0.29) is 110 Å². The first-order valence-corrected chi connectivity index (χ1v) is 47.3. The summed E-state index contributed by atoms with van der Waals surface area (Å²) in [4.78, 5) is 116. The van der Waals surface area contributed by atoms with Gasteiger partial charge in [-0.15, -0.1) is 0 Å². The summed E-state index contributed by atoms with van der Waals surface area (Å²) in [6.45, 7) is 33.3. The van der Waals surface area contributed by atoms with Crippen LogP contribution in [0.25, 0.3) is 21.9 Å². The van der Waals surface area contributed by atoms with E-state index in [4.69, 9.17) is 62.0 Å². The third kappa shape index (κ3) is 41.0. The van der Waals surface area contributed by atoms with E-state index in [1.165, 1.54) is 33.3 Å². The fourth-order valence-electron chi connectivity index (χ4n) is 11.1. The predicted octanol–water partition coefficient (Wildman–Crippen LogP) is 18.9. The predicted molar refractivity (Wildman–Crippen MR) is 573 cm³/mol. The number of carbonyl (C=O) groups is 6. The topological polar surface area (TPSA) is 383 Å². The molecule has 0 aliphatic heterocycles. The van der Waals surface area contributed by atoms with Crippen LogP contribution in [-0.4, -0.2) is 198 Å². The van der Waals surface area contributed by atoms with E-state index in [1.807, 2.05) is 192 Å². The number of nitrogens with zero attached hydrogens (tertiary/aromatic N) is 10. The second-order valence-corrected chi connectivity index (χ2v) is 40.1. The molecule has 0 aliphatic carbocycles. The number of halogens is 11. The van der Waals surface area contributed by atoms with E-state index in [1.54, 1.807) is 67.6 Å². The minimum atomic E-state index is -1.03. The van der Waals surface area contributed by atoms with Crippen LogP contribution in [0.15, 0.2) is 167 Å². The van der Waals surface area contributed by atoms with Crippen molar-refractivity contribution in [3.05, 3.63) is 249 Å². The number of aromatic amines is 1. The number of carboxylic acids is 2. The molecule has 0 saturated heterocycles. The number of methoxy groups -OCH3 is 3. The molecule has 41 heteroatoms. The average molecular weight is 2410 g/mol. The van der Waals surface area contributed by atoms with Crippen LogP contribution >= 0.6 is 149 Å². The van der Waals surface area contributed by atoms with Crippen LogP contribution in [-0.2, 0) is 45.4 Å². The minimum Gasteiger partial charge on any atom is -1.00 e. The summed E-state index contributed by atoms with van der Waals surface area (Å²) < 4.78 is 21.7. The maximum Gasteiger partial charge on any atom is 2.00 e. The second kappa shape index (κ2) is 60.6. The van der Waals surface area contributed by atoms with Crippen LogP contribution in [0.5, 0.6) is 0 Å². The Balaban J connectivity index is 0. The first-order valence-electron chi connectivity index (χ1n) is 40.3.